The summed E-state index contributed by atoms with van der Waals surface area (Å²) in [4.78, 5) is 27.2. The van der Waals surface area contributed by atoms with Crippen molar-refractivity contribution in [1.82, 2.24) is 14.8 Å². The van der Waals surface area contributed by atoms with Gasteiger partial charge in [-0.3, -0.25) is 14.5 Å². The molecule has 0 saturated carbocycles. The minimum atomic E-state index is -0.350. The van der Waals surface area contributed by atoms with E-state index in [2.05, 4.69) is 15.5 Å². The SMILES string of the molecule is Cn1cnnc1Sc1ccc(Cl)cc1NC(=O)CN1C(=O)COc2ccccc21. The Hall–Kier alpha value is -3.04. The van der Waals surface area contributed by atoms with Crippen molar-refractivity contribution in [3.63, 3.8) is 0 Å². The molecule has 2 aromatic carbocycles. The van der Waals surface area contributed by atoms with Crippen LogP contribution in [0, 0.1) is 0 Å². The standard InChI is InChI=1S/C19H16ClN5O3S/c1-24-11-21-23-19(24)29-16-7-6-12(20)8-13(16)22-17(26)9-25-14-4-2-3-5-15(14)28-10-18(25)27/h2-8,11H,9-10H2,1H3,(H,22,26). The number of carbonyl (C=O) groups is 2. The number of ether oxygens (including phenoxy) is 1. The zero-order valence-corrected chi connectivity index (χ0v) is 16.9. The van der Waals surface area contributed by atoms with Crippen LogP contribution in [-0.4, -0.2) is 39.7 Å². The quantitative estimate of drug-likeness (QED) is 0.670. The van der Waals surface area contributed by atoms with Gasteiger partial charge in [0.2, 0.25) is 5.91 Å². The molecule has 1 aromatic heterocycles. The number of para-hydroxylation sites is 2. The van der Waals surface area contributed by atoms with Crippen LogP contribution in [0.15, 0.2) is 58.8 Å². The number of hydrogen-bond acceptors (Lipinski definition) is 6. The van der Waals surface area contributed by atoms with Gasteiger partial charge in [0.05, 0.1) is 11.4 Å². The van der Waals surface area contributed by atoms with Gasteiger partial charge in [0, 0.05) is 17.0 Å². The Morgan fingerprint density at radius 2 is 2.14 bits per heavy atom. The van der Waals surface area contributed by atoms with Gasteiger partial charge in [0.25, 0.3) is 5.91 Å². The molecule has 4 rings (SSSR count). The maximum Gasteiger partial charge on any atom is 0.265 e. The van der Waals surface area contributed by atoms with Crippen LogP contribution in [-0.2, 0) is 16.6 Å². The molecule has 0 saturated heterocycles. The van der Waals surface area contributed by atoms with E-state index in [4.69, 9.17) is 16.3 Å². The fraction of sp³-hybridized carbons (Fsp3) is 0.158. The highest BCUT2D eigenvalue weighted by molar-refractivity contribution is 7.99. The average Bonchev–Trinajstić information content (AvgIpc) is 3.11. The predicted molar refractivity (Wildman–Crippen MR) is 109 cm³/mol. The van der Waals surface area contributed by atoms with Crippen LogP contribution in [0.5, 0.6) is 5.75 Å². The van der Waals surface area contributed by atoms with E-state index in [1.807, 2.05) is 13.1 Å². The summed E-state index contributed by atoms with van der Waals surface area (Å²) in [6.45, 7) is -0.242. The third-order valence-corrected chi connectivity index (χ3v) is 5.56. The maximum absolute atomic E-state index is 12.7. The maximum atomic E-state index is 12.7. The van der Waals surface area contributed by atoms with Gasteiger partial charge in [-0.05, 0) is 42.1 Å². The van der Waals surface area contributed by atoms with Gasteiger partial charge < -0.3 is 14.6 Å². The first-order valence-electron chi connectivity index (χ1n) is 8.65. The molecular formula is C19H16ClN5O3S. The van der Waals surface area contributed by atoms with E-state index in [1.54, 1.807) is 47.3 Å². The van der Waals surface area contributed by atoms with Crippen molar-refractivity contribution >= 4 is 46.6 Å². The minimum absolute atomic E-state index is 0.102. The van der Waals surface area contributed by atoms with Crippen molar-refractivity contribution in [2.24, 2.45) is 7.05 Å². The normalized spacial score (nSPS) is 13.0. The molecule has 0 radical (unpaired) electrons. The molecule has 1 N–H and O–H groups in total. The number of nitrogens with zero attached hydrogens (tertiary/aromatic N) is 4. The zero-order valence-electron chi connectivity index (χ0n) is 15.3. The van der Waals surface area contributed by atoms with E-state index in [1.165, 1.54) is 16.7 Å². The second-order valence-electron chi connectivity index (χ2n) is 6.25. The van der Waals surface area contributed by atoms with E-state index >= 15 is 0 Å². The van der Waals surface area contributed by atoms with Crippen LogP contribution in [0.1, 0.15) is 0 Å². The molecule has 2 amide bonds. The van der Waals surface area contributed by atoms with Crippen LogP contribution in [0.25, 0.3) is 0 Å². The second-order valence-corrected chi connectivity index (χ2v) is 7.70. The molecule has 0 unspecified atom stereocenters. The molecule has 0 atom stereocenters. The summed E-state index contributed by atoms with van der Waals surface area (Å²) in [5, 5.41) is 11.9. The summed E-state index contributed by atoms with van der Waals surface area (Å²) in [7, 11) is 1.83. The predicted octanol–water partition coefficient (Wildman–Crippen LogP) is 2.98. The fourth-order valence-corrected chi connectivity index (χ4v) is 3.82. The average molecular weight is 430 g/mol. The lowest BCUT2D eigenvalue weighted by Crippen LogP contribution is -2.43. The molecule has 148 valence electrons. The third kappa shape index (κ3) is 4.20. The number of carbonyl (C=O) groups excluding carboxylic acids is 2. The third-order valence-electron chi connectivity index (χ3n) is 4.20. The Morgan fingerprint density at radius 3 is 2.93 bits per heavy atom. The van der Waals surface area contributed by atoms with Gasteiger partial charge in [-0.25, -0.2) is 0 Å². The molecular weight excluding hydrogens is 414 g/mol. The van der Waals surface area contributed by atoms with Gasteiger partial charge in [-0.1, -0.05) is 23.7 Å². The van der Waals surface area contributed by atoms with E-state index in [0.29, 0.717) is 27.3 Å². The number of aryl methyl sites for hydroxylation is 1. The molecule has 29 heavy (non-hydrogen) atoms. The lowest BCUT2D eigenvalue weighted by Gasteiger charge is -2.28. The summed E-state index contributed by atoms with van der Waals surface area (Å²) >= 11 is 7.47. The van der Waals surface area contributed by atoms with Crippen LogP contribution in [0.2, 0.25) is 5.02 Å². The number of anilines is 2. The molecule has 2 heterocycles. The topological polar surface area (TPSA) is 89.4 Å². The molecule has 0 fully saturated rings. The first kappa shape index (κ1) is 19.3. The van der Waals surface area contributed by atoms with E-state index in [-0.39, 0.29) is 25.0 Å². The van der Waals surface area contributed by atoms with Crippen molar-refractivity contribution < 1.29 is 14.3 Å². The minimum Gasteiger partial charge on any atom is -0.482 e. The molecule has 1 aliphatic heterocycles. The van der Waals surface area contributed by atoms with Crippen molar-refractivity contribution in [2.45, 2.75) is 10.1 Å². The van der Waals surface area contributed by atoms with Crippen LogP contribution >= 0.6 is 23.4 Å². The highest BCUT2D eigenvalue weighted by Crippen LogP contribution is 2.34. The van der Waals surface area contributed by atoms with Crippen molar-refractivity contribution in [2.75, 3.05) is 23.4 Å². The van der Waals surface area contributed by atoms with Crippen LogP contribution in [0.3, 0.4) is 0 Å². The number of fused-ring (bicyclic) bond motifs is 1. The smallest absolute Gasteiger partial charge is 0.265 e. The highest BCUT2D eigenvalue weighted by atomic mass is 35.5. The Labute approximate surface area is 175 Å². The molecule has 8 nitrogen and oxygen atoms in total. The van der Waals surface area contributed by atoms with Crippen molar-refractivity contribution in [3.8, 4) is 5.75 Å². The van der Waals surface area contributed by atoms with E-state index in [0.717, 1.165) is 4.90 Å². The Balaban J connectivity index is 1.54. The second kappa shape index (κ2) is 8.14. The van der Waals surface area contributed by atoms with E-state index in [9.17, 15) is 9.59 Å². The Morgan fingerprint density at radius 1 is 1.31 bits per heavy atom. The summed E-state index contributed by atoms with van der Waals surface area (Å²) < 4.78 is 7.18. The monoisotopic (exact) mass is 429 g/mol. The Kier molecular flexibility index (Phi) is 5.41. The number of amides is 2. The lowest BCUT2D eigenvalue weighted by molar-refractivity contribution is -0.123. The largest absolute Gasteiger partial charge is 0.482 e. The van der Waals surface area contributed by atoms with Crippen LogP contribution < -0.4 is 15.0 Å². The lowest BCUT2D eigenvalue weighted by atomic mass is 10.2. The Bertz CT molecular complexity index is 1090. The van der Waals surface area contributed by atoms with Gasteiger partial charge in [-0.2, -0.15) is 0 Å². The number of aromatic nitrogens is 3. The van der Waals surface area contributed by atoms with Crippen LogP contribution in [0.4, 0.5) is 11.4 Å². The van der Waals surface area contributed by atoms with Crippen molar-refractivity contribution in [1.29, 1.82) is 0 Å². The molecule has 10 heteroatoms. The number of halogens is 1. The van der Waals surface area contributed by atoms with Crippen molar-refractivity contribution in [3.05, 3.63) is 53.8 Å². The molecule has 0 aliphatic carbocycles. The van der Waals surface area contributed by atoms with Gasteiger partial charge >= 0.3 is 0 Å². The van der Waals surface area contributed by atoms with Gasteiger partial charge in [0.15, 0.2) is 11.8 Å². The van der Waals surface area contributed by atoms with Gasteiger partial charge in [-0.15, -0.1) is 10.2 Å². The number of rotatable bonds is 5. The fourth-order valence-electron chi connectivity index (χ4n) is 2.81. The summed E-state index contributed by atoms with van der Waals surface area (Å²) in [5.74, 6) is -0.0584. The number of benzene rings is 2. The molecule has 1 aliphatic rings. The van der Waals surface area contributed by atoms with E-state index < -0.39 is 0 Å². The molecule has 0 bridgehead atoms. The summed E-state index contributed by atoms with van der Waals surface area (Å²) in [5.41, 5.74) is 1.10. The summed E-state index contributed by atoms with van der Waals surface area (Å²) in [6, 6.07) is 12.3. The number of nitrogens with one attached hydrogen (secondary N) is 1. The summed E-state index contributed by atoms with van der Waals surface area (Å²) in [6.07, 6.45) is 1.60. The zero-order chi connectivity index (χ0) is 20.4. The molecule has 3 aromatic rings. The van der Waals surface area contributed by atoms with Gasteiger partial charge in [0.1, 0.15) is 18.6 Å². The molecule has 0 spiro atoms. The first-order chi connectivity index (χ1) is 14.0. The number of hydrogen-bond donors (Lipinski definition) is 1. The first-order valence-corrected chi connectivity index (χ1v) is 9.84. The highest BCUT2D eigenvalue weighted by Gasteiger charge is 2.27.